The SMILES string of the molecule is COC(=O)c1ccc(OCC(=O)N(C)C2CCCCC2)cc1. The molecular weight excluding hydrogens is 282 g/mol. The number of hydrogen-bond donors (Lipinski definition) is 0. The quantitative estimate of drug-likeness (QED) is 0.785. The molecule has 0 saturated heterocycles. The number of carbonyl (C=O) groups is 2. The minimum absolute atomic E-state index is 0.0102. The Labute approximate surface area is 131 Å². The van der Waals surface area contributed by atoms with Crippen molar-refractivity contribution in [3.63, 3.8) is 0 Å². The van der Waals surface area contributed by atoms with Gasteiger partial charge in [0.1, 0.15) is 5.75 Å². The predicted octanol–water partition coefficient (Wildman–Crippen LogP) is 2.64. The normalized spacial score (nSPS) is 15.2. The summed E-state index contributed by atoms with van der Waals surface area (Å²) in [6.07, 6.45) is 5.81. The zero-order valence-electron chi connectivity index (χ0n) is 13.2. The van der Waals surface area contributed by atoms with E-state index >= 15 is 0 Å². The first-order chi connectivity index (χ1) is 10.6. The number of benzene rings is 1. The summed E-state index contributed by atoms with van der Waals surface area (Å²) in [7, 11) is 3.19. The third-order valence-corrected chi connectivity index (χ3v) is 4.15. The van der Waals surface area contributed by atoms with Gasteiger partial charge in [-0.2, -0.15) is 0 Å². The van der Waals surface area contributed by atoms with Gasteiger partial charge in [0, 0.05) is 13.1 Å². The number of nitrogens with zero attached hydrogens (tertiary/aromatic N) is 1. The number of amides is 1. The Morgan fingerprint density at radius 1 is 1.14 bits per heavy atom. The number of hydrogen-bond acceptors (Lipinski definition) is 4. The molecule has 1 aromatic carbocycles. The van der Waals surface area contributed by atoms with Crippen LogP contribution in [0.5, 0.6) is 5.75 Å². The highest BCUT2D eigenvalue weighted by molar-refractivity contribution is 5.89. The maximum Gasteiger partial charge on any atom is 0.337 e. The van der Waals surface area contributed by atoms with Crippen LogP contribution in [-0.4, -0.2) is 43.6 Å². The Hall–Kier alpha value is -2.04. The predicted molar refractivity (Wildman–Crippen MR) is 82.9 cm³/mol. The highest BCUT2D eigenvalue weighted by Crippen LogP contribution is 2.21. The van der Waals surface area contributed by atoms with E-state index in [-0.39, 0.29) is 18.5 Å². The second-order valence-electron chi connectivity index (χ2n) is 5.60. The van der Waals surface area contributed by atoms with E-state index in [1.165, 1.54) is 26.4 Å². The second kappa shape index (κ2) is 7.82. The zero-order chi connectivity index (χ0) is 15.9. The van der Waals surface area contributed by atoms with Crippen LogP contribution in [0.4, 0.5) is 0 Å². The number of ether oxygens (including phenoxy) is 2. The highest BCUT2D eigenvalue weighted by Gasteiger charge is 2.22. The molecule has 22 heavy (non-hydrogen) atoms. The number of likely N-dealkylation sites (N-methyl/N-ethyl adjacent to an activating group) is 1. The lowest BCUT2D eigenvalue weighted by molar-refractivity contribution is -0.134. The lowest BCUT2D eigenvalue weighted by Gasteiger charge is -2.31. The fourth-order valence-corrected chi connectivity index (χ4v) is 2.72. The van der Waals surface area contributed by atoms with Gasteiger partial charge in [-0.3, -0.25) is 4.79 Å². The standard InChI is InChI=1S/C17H23NO4/c1-18(14-6-4-3-5-7-14)16(19)12-22-15-10-8-13(9-11-15)17(20)21-2/h8-11,14H,3-7,12H2,1-2H3. The van der Waals surface area contributed by atoms with Crippen molar-refractivity contribution in [2.45, 2.75) is 38.1 Å². The minimum atomic E-state index is -0.389. The van der Waals surface area contributed by atoms with Crippen molar-refractivity contribution in [3.8, 4) is 5.75 Å². The molecule has 0 spiro atoms. The van der Waals surface area contributed by atoms with Crippen molar-refractivity contribution in [3.05, 3.63) is 29.8 Å². The molecular formula is C17H23NO4. The van der Waals surface area contributed by atoms with Crippen molar-refractivity contribution in [1.29, 1.82) is 0 Å². The summed E-state index contributed by atoms with van der Waals surface area (Å²) in [5.74, 6) is 0.168. The number of methoxy groups -OCH3 is 1. The molecule has 1 aromatic rings. The number of rotatable bonds is 5. The molecule has 1 saturated carbocycles. The molecule has 0 bridgehead atoms. The van der Waals surface area contributed by atoms with Gasteiger partial charge in [-0.05, 0) is 37.1 Å². The summed E-state index contributed by atoms with van der Waals surface area (Å²) in [5.41, 5.74) is 0.459. The molecule has 0 radical (unpaired) electrons. The van der Waals surface area contributed by atoms with Crippen LogP contribution >= 0.6 is 0 Å². The van der Waals surface area contributed by atoms with E-state index in [1.54, 1.807) is 24.3 Å². The van der Waals surface area contributed by atoms with Crippen LogP contribution in [0.2, 0.25) is 0 Å². The lowest BCUT2D eigenvalue weighted by Crippen LogP contribution is -2.40. The number of esters is 1. The maximum atomic E-state index is 12.2. The van der Waals surface area contributed by atoms with Gasteiger partial charge in [-0.25, -0.2) is 4.79 Å². The van der Waals surface area contributed by atoms with Crippen LogP contribution in [0.3, 0.4) is 0 Å². The summed E-state index contributed by atoms with van der Waals surface area (Å²) >= 11 is 0. The molecule has 0 N–H and O–H groups in total. The molecule has 5 nitrogen and oxygen atoms in total. The third kappa shape index (κ3) is 4.23. The first-order valence-corrected chi connectivity index (χ1v) is 7.68. The van der Waals surface area contributed by atoms with Crippen LogP contribution in [-0.2, 0) is 9.53 Å². The summed E-state index contributed by atoms with van der Waals surface area (Å²) in [6.45, 7) is 0.0184. The van der Waals surface area contributed by atoms with E-state index in [1.807, 2.05) is 11.9 Å². The fraction of sp³-hybridized carbons (Fsp3) is 0.529. The Morgan fingerprint density at radius 3 is 2.36 bits per heavy atom. The van der Waals surface area contributed by atoms with Crippen LogP contribution in [0.25, 0.3) is 0 Å². The monoisotopic (exact) mass is 305 g/mol. The van der Waals surface area contributed by atoms with Crippen molar-refractivity contribution >= 4 is 11.9 Å². The smallest absolute Gasteiger partial charge is 0.337 e. The second-order valence-corrected chi connectivity index (χ2v) is 5.60. The van der Waals surface area contributed by atoms with Crippen LogP contribution < -0.4 is 4.74 Å². The fourth-order valence-electron chi connectivity index (χ4n) is 2.72. The average molecular weight is 305 g/mol. The highest BCUT2D eigenvalue weighted by atomic mass is 16.5. The molecule has 1 amide bonds. The Kier molecular flexibility index (Phi) is 5.81. The molecule has 0 heterocycles. The largest absolute Gasteiger partial charge is 0.484 e. The molecule has 0 aliphatic heterocycles. The van der Waals surface area contributed by atoms with E-state index in [9.17, 15) is 9.59 Å². The molecule has 0 unspecified atom stereocenters. The van der Waals surface area contributed by atoms with Gasteiger partial charge in [0.05, 0.1) is 12.7 Å². The third-order valence-electron chi connectivity index (χ3n) is 4.15. The summed E-state index contributed by atoms with van der Waals surface area (Å²) < 4.78 is 10.1. The van der Waals surface area contributed by atoms with Crippen molar-refractivity contribution in [1.82, 2.24) is 4.90 Å². The first-order valence-electron chi connectivity index (χ1n) is 7.68. The molecule has 0 aromatic heterocycles. The van der Waals surface area contributed by atoms with Gasteiger partial charge in [-0.1, -0.05) is 19.3 Å². The van der Waals surface area contributed by atoms with Gasteiger partial charge in [0.15, 0.2) is 6.61 Å². The van der Waals surface area contributed by atoms with Gasteiger partial charge >= 0.3 is 5.97 Å². The average Bonchev–Trinajstić information content (AvgIpc) is 2.59. The van der Waals surface area contributed by atoms with E-state index in [2.05, 4.69) is 4.74 Å². The van der Waals surface area contributed by atoms with Gasteiger partial charge < -0.3 is 14.4 Å². The van der Waals surface area contributed by atoms with Crippen LogP contribution in [0.15, 0.2) is 24.3 Å². The van der Waals surface area contributed by atoms with Crippen molar-refractivity contribution < 1.29 is 19.1 Å². The Morgan fingerprint density at radius 2 is 1.77 bits per heavy atom. The van der Waals surface area contributed by atoms with Crippen molar-refractivity contribution in [2.24, 2.45) is 0 Å². The van der Waals surface area contributed by atoms with Crippen LogP contribution in [0.1, 0.15) is 42.5 Å². The van der Waals surface area contributed by atoms with E-state index in [4.69, 9.17) is 4.74 Å². The Balaban J connectivity index is 1.83. The summed E-state index contributed by atoms with van der Waals surface area (Å²) in [4.78, 5) is 25.3. The summed E-state index contributed by atoms with van der Waals surface area (Å²) in [6, 6.07) is 6.92. The van der Waals surface area contributed by atoms with Gasteiger partial charge in [-0.15, -0.1) is 0 Å². The van der Waals surface area contributed by atoms with Gasteiger partial charge in [0.2, 0.25) is 0 Å². The van der Waals surface area contributed by atoms with E-state index in [0.29, 0.717) is 17.4 Å². The maximum absolute atomic E-state index is 12.2. The molecule has 5 heteroatoms. The van der Waals surface area contributed by atoms with E-state index < -0.39 is 0 Å². The first kappa shape index (κ1) is 16.3. The number of carbonyl (C=O) groups excluding carboxylic acids is 2. The molecule has 120 valence electrons. The van der Waals surface area contributed by atoms with E-state index in [0.717, 1.165) is 12.8 Å². The van der Waals surface area contributed by atoms with Crippen LogP contribution in [0, 0.1) is 0 Å². The molecule has 1 aliphatic carbocycles. The molecule has 1 fully saturated rings. The minimum Gasteiger partial charge on any atom is -0.484 e. The molecule has 2 rings (SSSR count). The lowest BCUT2D eigenvalue weighted by atomic mass is 9.94. The molecule has 0 atom stereocenters. The molecule has 1 aliphatic rings. The van der Waals surface area contributed by atoms with Crippen molar-refractivity contribution in [2.75, 3.05) is 20.8 Å². The topological polar surface area (TPSA) is 55.8 Å². The Bertz CT molecular complexity index is 506. The zero-order valence-corrected chi connectivity index (χ0v) is 13.2. The van der Waals surface area contributed by atoms with Gasteiger partial charge in [0.25, 0.3) is 5.91 Å². The summed E-state index contributed by atoms with van der Waals surface area (Å²) in [5, 5.41) is 0.